The number of nitrogens with zero attached hydrogens (tertiary/aromatic N) is 2. The number of imidazole rings is 1. The quantitative estimate of drug-likeness (QED) is 0.179. The first-order valence-corrected chi connectivity index (χ1v) is 16.8. The Balaban J connectivity index is 1.08. The Bertz CT molecular complexity index is 2810. The largest absolute Gasteiger partial charge is 0.306 e. The van der Waals surface area contributed by atoms with Gasteiger partial charge in [-0.3, -0.25) is 0 Å². The third-order valence-corrected chi connectivity index (χ3v) is 9.99. The summed E-state index contributed by atoms with van der Waals surface area (Å²) in [6, 6.07) is 61.4. The van der Waals surface area contributed by atoms with E-state index in [4.69, 9.17) is 4.98 Å². The van der Waals surface area contributed by atoms with Crippen molar-refractivity contribution >= 4 is 48.7 Å². The molecule has 0 saturated carbocycles. The lowest BCUT2D eigenvalue weighted by Crippen LogP contribution is -1.91. The smallest absolute Gasteiger partial charge is 0.137 e. The van der Waals surface area contributed by atoms with Crippen molar-refractivity contribution in [3.63, 3.8) is 0 Å². The fourth-order valence-corrected chi connectivity index (χ4v) is 7.67. The highest BCUT2D eigenvalue weighted by molar-refractivity contribution is 6.21. The van der Waals surface area contributed by atoms with E-state index in [1.54, 1.807) is 0 Å². The van der Waals surface area contributed by atoms with Crippen molar-refractivity contribution in [2.45, 2.75) is 0 Å². The molecule has 0 fully saturated rings. The van der Waals surface area contributed by atoms with E-state index in [0.29, 0.717) is 0 Å². The summed E-state index contributed by atoms with van der Waals surface area (Å²) in [7, 11) is 0. The maximum atomic E-state index is 5.01. The molecule has 8 aromatic carbocycles. The third kappa shape index (κ3) is 4.53. The Morgan fingerprint density at radius 1 is 0.347 bits per heavy atom. The molecule has 0 radical (unpaired) electrons. The Kier molecular flexibility index (Phi) is 6.22. The highest BCUT2D eigenvalue weighted by atomic mass is 15.0. The minimum Gasteiger partial charge on any atom is -0.306 e. The Morgan fingerprint density at radius 2 is 0.878 bits per heavy atom. The van der Waals surface area contributed by atoms with Crippen LogP contribution in [0.15, 0.2) is 182 Å². The molecule has 0 aliphatic carbocycles. The number of pyridine rings is 1. The molecule has 228 valence electrons. The van der Waals surface area contributed by atoms with E-state index in [9.17, 15) is 0 Å². The van der Waals surface area contributed by atoms with Gasteiger partial charge in [-0.2, -0.15) is 0 Å². The lowest BCUT2D eigenvalue weighted by Gasteiger charge is -2.18. The standard InChI is InChI=1S/C47H30N2/c1-2-12-35-28-36(25-20-31(35)10-1)47-42-17-7-5-15-40(42)46(41-16-6-8-18-43(41)47)34-23-21-33(22-24-34)44-30-49-29-37(26-27-45(49)48-44)39-19-9-13-32-11-3-4-14-38(32)39/h1-30H. The fourth-order valence-electron chi connectivity index (χ4n) is 7.67. The summed E-state index contributed by atoms with van der Waals surface area (Å²) in [5.74, 6) is 0. The topological polar surface area (TPSA) is 17.3 Å². The van der Waals surface area contributed by atoms with E-state index in [1.165, 1.54) is 76.5 Å². The molecule has 2 heteroatoms. The fraction of sp³-hybridized carbons (Fsp3) is 0. The van der Waals surface area contributed by atoms with Gasteiger partial charge in [0.15, 0.2) is 0 Å². The maximum absolute atomic E-state index is 5.01. The summed E-state index contributed by atoms with van der Waals surface area (Å²) >= 11 is 0. The van der Waals surface area contributed by atoms with Crippen molar-refractivity contribution in [2.75, 3.05) is 0 Å². The van der Waals surface area contributed by atoms with Crippen molar-refractivity contribution in [3.8, 4) is 44.6 Å². The van der Waals surface area contributed by atoms with Crippen LogP contribution in [0.2, 0.25) is 0 Å². The average molecular weight is 623 g/mol. The monoisotopic (exact) mass is 622 g/mol. The van der Waals surface area contributed by atoms with Crippen LogP contribution in [0, 0.1) is 0 Å². The molecular formula is C47H30N2. The first-order valence-electron chi connectivity index (χ1n) is 16.8. The van der Waals surface area contributed by atoms with Crippen LogP contribution >= 0.6 is 0 Å². The number of rotatable bonds is 4. The first-order chi connectivity index (χ1) is 24.3. The number of aromatic nitrogens is 2. The molecule has 2 nitrogen and oxygen atoms in total. The summed E-state index contributed by atoms with van der Waals surface area (Å²) in [4.78, 5) is 5.01. The van der Waals surface area contributed by atoms with E-state index in [-0.39, 0.29) is 0 Å². The zero-order chi connectivity index (χ0) is 32.3. The molecule has 10 rings (SSSR count). The zero-order valence-corrected chi connectivity index (χ0v) is 26.7. The minimum absolute atomic E-state index is 0.935. The molecule has 0 bridgehead atoms. The van der Waals surface area contributed by atoms with Crippen LogP contribution < -0.4 is 0 Å². The van der Waals surface area contributed by atoms with Crippen LogP contribution in [0.4, 0.5) is 0 Å². The summed E-state index contributed by atoms with van der Waals surface area (Å²) in [5.41, 5.74) is 10.4. The van der Waals surface area contributed by atoms with Gasteiger partial charge in [0.05, 0.1) is 5.69 Å². The SMILES string of the molecule is c1ccc2cc(-c3c4ccccc4c(-c4ccc(-c5cn6cc(-c7cccc8ccccc78)ccc6n5)cc4)c4ccccc34)ccc2c1. The molecule has 0 saturated heterocycles. The predicted octanol–water partition coefficient (Wildman–Crippen LogP) is 12.6. The molecule has 0 unspecified atom stereocenters. The Morgan fingerprint density at radius 3 is 1.59 bits per heavy atom. The highest BCUT2D eigenvalue weighted by Crippen LogP contribution is 2.44. The van der Waals surface area contributed by atoms with Crippen molar-refractivity contribution in [1.29, 1.82) is 0 Å². The predicted molar refractivity (Wildman–Crippen MR) is 207 cm³/mol. The molecule has 0 amide bonds. The normalized spacial score (nSPS) is 11.7. The highest BCUT2D eigenvalue weighted by Gasteiger charge is 2.17. The number of fused-ring (bicyclic) bond motifs is 5. The molecule has 2 heterocycles. The Labute approximate surface area is 284 Å². The van der Waals surface area contributed by atoms with Gasteiger partial charge in [-0.1, -0.05) is 152 Å². The van der Waals surface area contributed by atoms with Gasteiger partial charge in [-0.05, 0) is 94.7 Å². The molecule has 49 heavy (non-hydrogen) atoms. The summed E-state index contributed by atoms with van der Waals surface area (Å²) in [6.45, 7) is 0. The second-order valence-corrected chi connectivity index (χ2v) is 12.8. The summed E-state index contributed by atoms with van der Waals surface area (Å²) < 4.78 is 2.15. The third-order valence-electron chi connectivity index (χ3n) is 9.99. The lowest BCUT2D eigenvalue weighted by molar-refractivity contribution is 1.19. The van der Waals surface area contributed by atoms with Gasteiger partial charge in [0, 0.05) is 18.0 Å². The van der Waals surface area contributed by atoms with Crippen LogP contribution in [0.1, 0.15) is 0 Å². The molecule has 0 spiro atoms. The van der Waals surface area contributed by atoms with E-state index >= 15 is 0 Å². The second kappa shape index (κ2) is 11.0. The van der Waals surface area contributed by atoms with Crippen LogP contribution in [-0.2, 0) is 0 Å². The van der Waals surface area contributed by atoms with Crippen LogP contribution in [-0.4, -0.2) is 9.38 Å². The van der Waals surface area contributed by atoms with Crippen molar-refractivity contribution in [1.82, 2.24) is 9.38 Å². The second-order valence-electron chi connectivity index (χ2n) is 12.8. The van der Waals surface area contributed by atoms with Gasteiger partial charge in [0.1, 0.15) is 5.65 Å². The zero-order valence-electron chi connectivity index (χ0n) is 26.7. The van der Waals surface area contributed by atoms with Crippen LogP contribution in [0.5, 0.6) is 0 Å². The summed E-state index contributed by atoms with van der Waals surface area (Å²) in [6.07, 6.45) is 4.33. The van der Waals surface area contributed by atoms with Gasteiger partial charge in [0.2, 0.25) is 0 Å². The van der Waals surface area contributed by atoms with Crippen LogP contribution in [0.3, 0.4) is 0 Å². The summed E-state index contributed by atoms with van der Waals surface area (Å²) in [5, 5.41) is 10.0. The average Bonchev–Trinajstić information content (AvgIpc) is 3.60. The molecule has 0 atom stereocenters. The minimum atomic E-state index is 0.935. The maximum Gasteiger partial charge on any atom is 0.137 e. The van der Waals surface area contributed by atoms with Crippen molar-refractivity contribution < 1.29 is 0 Å². The molecule has 0 aliphatic heterocycles. The van der Waals surface area contributed by atoms with Gasteiger partial charge in [0.25, 0.3) is 0 Å². The van der Waals surface area contributed by atoms with Gasteiger partial charge >= 0.3 is 0 Å². The molecular weight excluding hydrogens is 593 g/mol. The van der Waals surface area contributed by atoms with E-state index < -0.39 is 0 Å². The van der Waals surface area contributed by atoms with Crippen molar-refractivity contribution in [3.05, 3.63) is 182 Å². The van der Waals surface area contributed by atoms with Crippen molar-refractivity contribution in [2.24, 2.45) is 0 Å². The number of hydrogen-bond donors (Lipinski definition) is 0. The lowest BCUT2D eigenvalue weighted by atomic mass is 9.85. The Hall–Kier alpha value is -6.51. The molecule has 2 aromatic heterocycles. The molecule has 0 N–H and O–H groups in total. The van der Waals surface area contributed by atoms with Gasteiger partial charge in [-0.25, -0.2) is 4.98 Å². The number of hydrogen-bond acceptors (Lipinski definition) is 1. The molecule has 0 aliphatic rings. The number of benzene rings is 8. The van der Waals surface area contributed by atoms with Gasteiger partial charge in [-0.15, -0.1) is 0 Å². The van der Waals surface area contributed by atoms with E-state index in [1.807, 2.05) is 0 Å². The van der Waals surface area contributed by atoms with Crippen LogP contribution in [0.25, 0.3) is 93.4 Å². The van der Waals surface area contributed by atoms with E-state index in [2.05, 4.69) is 187 Å². The molecule has 10 aromatic rings. The first kappa shape index (κ1) is 27.6. The van der Waals surface area contributed by atoms with Gasteiger partial charge < -0.3 is 4.40 Å². The van der Waals surface area contributed by atoms with E-state index in [0.717, 1.165) is 16.9 Å².